The Hall–Kier alpha value is -2.48. The van der Waals surface area contributed by atoms with Crippen LogP contribution in [0, 0.1) is 12.7 Å². The van der Waals surface area contributed by atoms with Crippen molar-refractivity contribution in [2.75, 3.05) is 26.2 Å². The third kappa shape index (κ3) is 3.70. The molecule has 2 amide bonds. The van der Waals surface area contributed by atoms with Gasteiger partial charge in [0.05, 0.1) is 0 Å². The van der Waals surface area contributed by atoms with E-state index in [9.17, 15) is 18.8 Å². The number of nitrogens with zero attached hydrogens (tertiary/aromatic N) is 2. The summed E-state index contributed by atoms with van der Waals surface area (Å²) in [5.41, 5.74) is 0.768. The van der Waals surface area contributed by atoms with E-state index in [-0.39, 0.29) is 17.4 Å². The van der Waals surface area contributed by atoms with E-state index in [0.29, 0.717) is 44.6 Å². The second-order valence-electron chi connectivity index (χ2n) is 6.61. The minimum atomic E-state index is -1.05. The summed E-state index contributed by atoms with van der Waals surface area (Å²) in [5, 5.41) is 8.94. The van der Waals surface area contributed by atoms with Gasteiger partial charge in [0, 0.05) is 31.7 Å². The summed E-state index contributed by atoms with van der Waals surface area (Å²) in [6.07, 6.45) is -0.950. The van der Waals surface area contributed by atoms with Crippen LogP contribution in [-0.4, -0.2) is 71.1 Å². The average Bonchev–Trinajstić information content (AvgIpc) is 3.13. The van der Waals surface area contributed by atoms with E-state index in [1.807, 2.05) is 0 Å². The smallest absolute Gasteiger partial charge is 0.332 e. The molecule has 2 fully saturated rings. The predicted molar refractivity (Wildman–Crippen MR) is 89.2 cm³/mol. The summed E-state index contributed by atoms with van der Waals surface area (Å²) >= 11 is 0. The fourth-order valence-corrected chi connectivity index (χ4v) is 3.24. The Bertz CT molecular complexity index is 730. The van der Waals surface area contributed by atoms with Gasteiger partial charge in [0.25, 0.3) is 11.8 Å². The van der Waals surface area contributed by atoms with Crippen molar-refractivity contribution in [2.45, 2.75) is 32.0 Å². The number of amides is 2. The molecular formula is C18H21FN2O5. The number of aryl methyl sites for hydroxylation is 1. The zero-order valence-electron chi connectivity index (χ0n) is 14.5. The Kier molecular flexibility index (Phi) is 5.22. The topological polar surface area (TPSA) is 87.2 Å². The van der Waals surface area contributed by atoms with Gasteiger partial charge in [-0.3, -0.25) is 9.59 Å². The molecule has 2 saturated heterocycles. The normalized spacial score (nSPS) is 23.2. The molecule has 1 aromatic carbocycles. The van der Waals surface area contributed by atoms with Gasteiger partial charge in [-0.15, -0.1) is 0 Å². The lowest BCUT2D eigenvalue weighted by Gasteiger charge is -2.35. The molecule has 3 rings (SSSR count). The standard InChI is InChI=1S/C18H21FN2O5/c1-11-2-3-12(10-13(11)19)16(22)20-6-8-21(9-7-20)17(23)14-4-5-15(26-14)18(24)25/h2-3,10,14-15H,4-9H2,1H3,(H,24,25)/t14-,15+/m0/s1. The molecule has 2 atom stereocenters. The summed E-state index contributed by atoms with van der Waals surface area (Å²) in [5.74, 6) is -1.97. The number of carbonyl (C=O) groups excluding carboxylic acids is 2. The molecule has 0 saturated carbocycles. The maximum absolute atomic E-state index is 13.7. The first-order valence-electron chi connectivity index (χ1n) is 8.59. The van der Waals surface area contributed by atoms with Gasteiger partial charge in [0.2, 0.25) is 0 Å². The molecule has 140 valence electrons. The monoisotopic (exact) mass is 364 g/mol. The number of carboxylic acids is 1. The van der Waals surface area contributed by atoms with Crippen molar-refractivity contribution < 1.29 is 28.6 Å². The van der Waals surface area contributed by atoms with Crippen LogP contribution in [0.15, 0.2) is 18.2 Å². The van der Waals surface area contributed by atoms with Gasteiger partial charge in [0.1, 0.15) is 11.9 Å². The first-order chi connectivity index (χ1) is 12.4. The minimum Gasteiger partial charge on any atom is -0.479 e. The number of rotatable bonds is 3. The first kappa shape index (κ1) is 18.3. The summed E-state index contributed by atoms with van der Waals surface area (Å²) in [6, 6.07) is 4.39. The molecule has 0 spiro atoms. The predicted octanol–water partition coefficient (Wildman–Crippen LogP) is 1.05. The van der Waals surface area contributed by atoms with Crippen LogP contribution in [-0.2, 0) is 14.3 Å². The Balaban J connectivity index is 1.55. The van der Waals surface area contributed by atoms with Gasteiger partial charge in [-0.25, -0.2) is 9.18 Å². The maximum Gasteiger partial charge on any atom is 0.332 e. The SMILES string of the molecule is Cc1ccc(C(=O)N2CCN(C(=O)[C@@H]3CC[C@H](C(=O)O)O3)CC2)cc1F. The van der Waals surface area contributed by atoms with Gasteiger partial charge in [0.15, 0.2) is 6.10 Å². The minimum absolute atomic E-state index is 0.234. The van der Waals surface area contributed by atoms with Crippen molar-refractivity contribution in [2.24, 2.45) is 0 Å². The molecule has 1 aromatic rings. The molecule has 8 heteroatoms. The molecule has 2 heterocycles. The number of carboxylic acid groups (broad SMARTS) is 1. The lowest BCUT2D eigenvalue weighted by atomic mass is 10.1. The van der Waals surface area contributed by atoms with Gasteiger partial charge >= 0.3 is 5.97 Å². The Morgan fingerprint density at radius 1 is 1.08 bits per heavy atom. The molecule has 2 aliphatic rings. The molecular weight excluding hydrogens is 343 g/mol. The van der Waals surface area contributed by atoms with Crippen molar-refractivity contribution in [3.8, 4) is 0 Å². The van der Waals surface area contributed by atoms with Crippen LogP contribution in [0.25, 0.3) is 0 Å². The van der Waals surface area contributed by atoms with Crippen molar-refractivity contribution in [3.05, 3.63) is 35.1 Å². The highest BCUT2D eigenvalue weighted by Gasteiger charge is 2.37. The van der Waals surface area contributed by atoms with Gasteiger partial charge in [-0.1, -0.05) is 6.07 Å². The summed E-state index contributed by atoms with van der Waals surface area (Å²) < 4.78 is 18.9. The second kappa shape index (κ2) is 7.41. The highest BCUT2D eigenvalue weighted by Crippen LogP contribution is 2.22. The van der Waals surface area contributed by atoms with E-state index >= 15 is 0 Å². The molecule has 0 unspecified atom stereocenters. The third-order valence-corrected chi connectivity index (χ3v) is 4.87. The molecule has 0 aromatic heterocycles. The lowest BCUT2D eigenvalue weighted by molar-refractivity contribution is -0.155. The molecule has 2 aliphatic heterocycles. The highest BCUT2D eigenvalue weighted by atomic mass is 19.1. The quantitative estimate of drug-likeness (QED) is 0.866. The van der Waals surface area contributed by atoms with Crippen LogP contribution in [0.3, 0.4) is 0 Å². The van der Waals surface area contributed by atoms with E-state index in [2.05, 4.69) is 0 Å². The third-order valence-electron chi connectivity index (χ3n) is 4.87. The van der Waals surface area contributed by atoms with Gasteiger partial charge < -0.3 is 19.6 Å². The number of halogens is 1. The Morgan fingerprint density at radius 3 is 2.27 bits per heavy atom. The second-order valence-corrected chi connectivity index (χ2v) is 6.61. The fourth-order valence-electron chi connectivity index (χ4n) is 3.24. The first-order valence-corrected chi connectivity index (χ1v) is 8.59. The largest absolute Gasteiger partial charge is 0.479 e. The van der Waals surface area contributed by atoms with Crippen molar-refractivity contribution in [1.82, 2.24) is 9.80 Å². The van der Waals surface area contributed by atoms with E-state index in [0.717, 1.165) is 0 Å². The Morgan fingerprint density at radius 2 is 1.69 bits per heavy atom. The van der Waals surface area contributed by atoms with Crippen LogP contribution < -0.4 is 0 Å². The fraction of sp³-hybridized carbons (Fsp3) is 0.500. The number of piperazine rings is 1. The number of benzene rings is 1. The van der Waals surface area contributed by atoms with Crippen molar-refractivity contribution >= 4 is 17.8 Å². The number of hydrogen-bond acceptors (Lipinski definition) is 4. The van der Waals surface area contributed by atoms with Crippen LogP contribution >= 0.6 is 0 Å². The van der Waals surface area contributed by atoms with Crippen LogP contribution in [0.5, 0.6) is 0 Å². The molecule has 0 radical (unpaired) electrons. The van der Waals surface area contributed by atoms with Gasteiger partial charge in [-0.2, -0.15) is 0 Å². The van der Waals surface area contributed by atoms with Crippen LogP contribution in [0.1, 0.15) is 28.8 Å². The van der Waals surface area contributed by atoms with E-state index in [1.165, 1.54) is 6.07 Å². The molecule has 7 nitrogen and oxygen atoms in total. The molecule has 1 N–H and O–H groups in total. The van der Waals surface area contributed by atoms with E-state index in [1.54, 1.807) is 28.9 Å². The summed E-state index contributed by atoms with van der Waals surface area (Å²) in [7, 11) is 0. The number of hydrogen-bond donors (Lipinski definition) is 1. The summed E-state index contributed by atoms with van der Waals surface area (Å²) in [4.78, 5) is 39.0. The number of carbonyl (C=O) groups is 3. The Labute approximate surface area is 150 Å². The van der Waals surface area contributed by atoms with Crippen LogP contribution in [0.4, 0.5) is 4.39 Å². The average molecular weight is 364 g/mol. The number of aliphatic carboxylic acids is 1. The van der Waals surface area contributed by atoms with Crippen molar-refractivity contribution in [1.29, 1.82) is 0 Å². The zero-order chi connectivity index (χ0) is 18.8. The van der Waals surface area contributed by atoms with Gasteiger partial charge in [-0.05, 0) is 37.5 Å². The highest BCUT2D eigenvalue weighted by molar-refractivity contribution is 5.94. The van der Waals surface area contributed by atoms with E-state index < -0.39 is 24.0 Å². The number of ether oxygens (including phenoxy) is 1. The summed E-state index contributed by atoms with van der Waals surface area (Å²) in [6.45, 7) is 3.01. The molecule has 26 heavy (non-hydrogen) atoms. The van der Waals surface area contributed by atoms with Crippen molar-refractivity contribution in [3.63, 3.8) is 0 Å². The molecule has 0 aliphatic carbocycles. The van der Waals surface area contributed by atoms with E-state index in [4.69, 9.17) is 9.84 Å². The zero-order valence-corrected chi connectivity index (χ0v) is 14.5. The lowest BCUT2D eigenvalue weighted by Crippen LogP contribution is -2.53. The van der Waals surface area contributed by atoms with Crippen LogP contribution in [0.2, 0.25) is 0 Å². The molecule has 0 bridgehead atoms. The maximum atomic E-state index is 13.7.